The van der Waals surface area contributed by atoms with Crippen LogP contribution in [-0.2, 0) is 4.79 Å². The van der Waals surface area contributed by atoms with E-state index in [9.17, 15) is 4.79 Å². The fourth-order valence-corrected chi connectivity index (χ4v) is 1.58. The van der Waals surface area contributed by atoms with E-state index in [0.717, 1.165) is 6.42 Å². The van der Waals surface area contributed by atoms with Crippen molar-refractivity contribution in [3.63, 3.8) is 0 Å². The molecular formula is C12H15Cl2NO3. The molecule has 1 rings (SSSR count). The minimum absolute atomic E-state index is 0.112. The third kappa shape index (κ3) is 5.58. The molecule has 0 fully saturated rings. The number of carbonyl (C=O) groups excluding carboxylic acids is 1. The lowest BCUT2D eigenvalue weighted by molar-refractivity contribution is -0.123. The summed E-state index contributed by atoms with van der Waals surface area (Å²) in [6.45, 7) is 0.537. The predicted octanol–water partition coefficient (Wildman–Crippen LogP) is 2.26. The second kappa shape index (κ2) is 8.19. The molecule has 0 unspecified atom stereocenters. The van der Waals surface area contributed by atoms with Crippen molar-refractivity contribution in [1.82, 2.24) is 5.32 Å². The molecule has 1 amide bonds. The maximum Gasteiger partial charge on any atom is 0.257 e. The molecule has 2 N–H and O–H groups in total. The van der Waals surface area contributed by atoms with E-state index in [0.29, 0.717) is 28.8 Å². The number of benzene rings is 1. The van der Waals surface area contributed by atoms with Crippen LogP contribution in [0.2, 0.25) is 10.0 Å². The van der Waals surface area contributed by atoms with Crippen LogP contribution in [0, 0.1) is 0 Å². The van der Waals surface area contributed by atoms with Gasteiger partial charge < -0.3 is 15.2 Å². The quantitative estimate of drug-likeness (QED) is 0.758. The average Bonchev–Trinajstić information content (AvgIpc) is 2.36. The number of hydrogen-bond donors (Lipinski definition) is 2. The number of aliphatic hydroxyl groups excluding tert-OH is 1. The van der Waals surface area contributed by atoms with E-state index >= 15 is 0 Å². The van der Waals surface area contributed by atoms with Gasteiger partial charge in [0, 0.05) is 24.2 Å². The van der Waals surface area contributed by atoms with Crippen molar-refractivity contribution in [2.24, 2.45) is 0 Å². The first-order valence-electron chi connectivity index (χ1n) is 5.59. The first-order chi connectivity index (χ1) is 8.63. The van der Waals surface area contributed by atoms with E-state index in [-0.39, 0.29) is 19.1 Å². The number of ether oxygens (including phenoxy) is 1. The molecule has 0 bridgehead atoms. The summed E-state index contributed by atoms with van der Waals surface area (Å²) in [6, 6.07) is 4.81. The summed E-state index contributed by atoms with van der Waals surface area (Å²) in [5, 5.41) is 12.2. The molecule has 18 heavy (non-hydrogen) atoms. The van der Waals surface area contributed by atoms with Gasteiger partial charge in [0.1, 0.15) is 5.75 Å². The van der Waals surface area contributed by atoms with Crippen LogP contribution in [0.15, 0.2) is 18.2 Å². The Morgan fingerprint density at radius 3 is 2.83 bits per heavy atom. The molecule has 6 heteroatoms. The molecule has 1 aromatic rings. The summed E-state index contributed by atoms with van der Waals surface area (Å²) in [5.74, 6) is 0.152. The molecule has 4 nitrogen and oxygen atoms in total. The fraction of sp³-hybridized carbons (Fsp3) is 0.417. The normalized spacial score (nSPS) is 10.2. The smallest absolute Gasteiger partial charge is 0.257 e. The number of amides is 1. The molecule has 0 aromatic heterocycles. The molecule has 0 saturated carbocycles. The Kier molecular flexibility index (Phi) is 6.86. The van der Waals surface area contributed by atoms with Gasteiger partial charge in [-0.15, -0.1) is 0 Å². The Balaban J connectivity index is 2.31. The third-order valence-corrected chi connectivity index (χ3v) is 2.71. The Bertz CT molecular complexity index is 399. The molecule has 0 atom stereocenters. The highest BCUT2D eigenvalue weighted by atomic mass is 35.5. The van der Waals surface area contributed by atoms with E-state index in [4.69, 9.17) is 33.0 Å². The number of nitrogens with one attached hydrogen (secondary N) is 1. The molecular weight excluding hydrogens is 277 g/mol. The minimum Gasteiger partial charge on any atom is -0.482 e. The first kappa shape index (κ1) is 15.1. The summed E-state index contributed by atoms with van der Waals surface area (Å²) in [4.78, 5) is 11.4. The lowest BCUT2D eigenvalue weighted by atomic mass is 10.3. The van der Waals surface area contributed by atoms with Crippen LogP contribution in [0.25, 0.3) is 0 Å². The van der Waals surface area contributed by atoms with Gasteiger partial charge in [-0.1, -0.05) is 23.2 Å². The van der Waals surface area contributed by atoms with E-state index in [1.54, 1.807) is 18.2 Å². The molecule has 0 aliphatic rings. The molecule has 1 aromatic carbocycles. The predicted molar refractivity (Wildman–Crippen MR) is 71.3 cm³/mol. The number of aliphatic hydroxyl groups is 1. The zero-order valence-electron chi connectivity index (χ0n) is 9.79. The molecule has 0 heterocycles. The molecule has 0 aliphatic carbocycles. The third-order valence-electron chi connectivity index (χ3n) is 2.16. The summed E-state index contributed by atoms with van der Waals surface area (Å²) < 4.78 is 5.26. The van der Waals surface area contributed by atoms with Crippen LogP contribution in [0.4, 0.5) is 0 Å². The highest BCUT2D eigenvalue weighted by Gasteiger charge is 2.06. The monoisotopic (exact) mass is 291 g/mol. The van der Waals surface area contributed by atoms with Gasteiger partial charge in [0.05, 0.1) is 5.02 Å². The molecule has 100 valence electrons. The van der Waals surface area contributed by atoms with Gasteiger partial charge in [0.15, 0.2) is 6.61 Å². The number of halogens is 2. The maximum atomic E-state index is 11.4. The van der Waals surface area contributed by atoms with Crippen molar-refractivity contribution in [3.8, 4) is 5.75 Å². The topological polar surface area (TPSA) is 58.6 Å². The van der Waals surface area contributed by atoms with E-state index in [2.05, 4.69) is 5.32 Å². The van der Waals surface area contributed by atoms with E-state index in [1.807, 2.05) is 0 Å². The van der Waals surface area contributed by atoms with Gasteiger partial charge in [-0.3, -0.25) is 4.79 Å². The zero-order valence-corrected chi connectivity index (χ0v) is 11.3. The van der Waals surface area contributed by atoms with E-state index < -0.39 is 0 Å². The number of hydrogen-bond acceptors (Lipinski definition) is 3. The summed E-state index contributed by atoms with van der Waals surface area (Å²) in [6.07, 6.45) is 1.40. The Morgan fingerprint density at radius 1 is 1.33 bits per heavy atom. The second-order valence-electron chi connectivity index (χ2n) is 3.64. The van der Waals surface area contributed by atoms with Crippen LogP contribution in [-0.4, -0.2) is 30.8 Å². The molecule has 0 saturated heterocycles. The fourth-order valence-electron chi connectivity index (χ4n) is 1.25. The Morgan fingerprint density at radius 2 is 2.11 bits per heavy atom. The Labute approximate surface area is 116 Å². The second-order valence-corrected chi connectivity index (χ2v) is 4.49. The van der Waals surface area contributed by atoms with Gasteiger partial charge in [-0.25, -0.2) is 0 Å². The van der Waals surface area contributed by atoms with Crippen molar-refractivity contribution in [3.05, 3.63) is 28.2 Å². The van der Waals surface area contributed by atoms with Crippen LogP contribution in [0.1, 0.15) is 12.8 Å². The lowest BCUT2D eigenvalue weighted by Crippen LogP contribution is -2.29. The number of carbonyl (C=O) groups is 1. The van der Waals surface area contributed by atoms with Crippen molar-refractivity contribution in [2.45, 2.75) is 12.8 Å². The van der Waals surface area contributed by atoms with Crippen molar-refractivity contribution >= 4 is 29.1 Å². The van der Waals surface area contributed by atoms with Gasteiger partial charge in [0.2, 0.25) is 0 Å². The Hall–Kier alpha value is -0.970. The molecule has 0 spiro atoms. The zero-order chi connectivity index (χ0) is 13.4. The van der Waals surface area contributed by atoms with E-state index in [1.165, 1.54) is 0 Å². The largest absolute Gasteiger partial charge is 0.482 e. The van der Waals surface area contributed by atoms with Crippen molar-refractivity contribution < 1.29 is 14.6 Å². The lowest BCUT2D eigenvalue weighted by Gasteiger charge is -2.08. The molecule has 0 radical (unpaired) electrons. The average molecular weight is 292 g/mol. The van der Waals surface area contributed by atoms with Crippen LogP contribution in [0.3, 0.4) is 0 Å². The highest BCUT2D eigenvalue weighted by Crippen LogP contribution is 2.27. The first-order valence-corrected chi connectivity index (χ1v) is 6.34. The molecule has 0 aliphatic heterocycles. The maximum absolute atomic E-state index is 11.4. The van der Waals surface area contributed by atoms with Crippen LogP contribution in [0.5, 0.6) is 5.75 Å². The van der Waals surface area contributed by atoms with Crippen LogP contribution < -0.4 is 10.1 Å². The number of rotatable bonds is 7. The summed E-state index contributed by atoms with van der Waals surface area (Å²) >= 11 is 11.7. The SMILES string of the molecule is O=C(COc1cc(Cl)ccc1Cl)NCCCCO. The van der Waals surface area contributed by atoms with Gasteiger partial charge in [-0.05, 0) is 25.0 Å². The van der Waals surface area contributed by atoms with Crippen molar-refractivity contribution in [2.75, 3.05) is 19.8 Å². The minimum atomic E-state index is -0.232. The summed E-state index contributed by atoms with van der Waals surface area (Å²) in [7, 11) is 0. The van der Waals surface area contributed by atoms with Crippen LogP contribution >= 0.6 is 23.2 Å². The van der Waals surface area contributed by atoms with Gasteiger partial charge in [-0.2, -0.15) is 0 Å². The van der Waals surface area contributed by atoms with Gasteiger partial charge in [0.25, 0.3) is 5.91 Å². The van der Waals surface area contributed by atoms with Gasteiger partial charge >= 0.3 is 0 Å². The highest BCUT2D eigenvalue weighted by molar-refractivity contribution is 6.34. The number of unbranched alkanes of at least 4 members (excludes halogenated alkanes) is 1. The van der Waals surface area contributed by atoms with Crippen molar-refractivity contribution in [1.29, 1.82) is 0 Å². The standard InChI is InChI=1S/C12H15Cl2NO3/c13-9-3-4-10(14)11(7-9)18-8-12(17)15-5-1-2-6-16/h3-4,7,16H,1-2,5-6,8H2,(H,15,17). The summed E-state index contributed by atoms with van der Waals surface area (Å²) in [5.41, 5.74) is 0.